The molecule has 0 amide bonds. The van der Waals surface area contributed by atoms with Gasteiger partial charge in [0.05, 0.1) is 12.0 Å². The smallest absolute Gasteiger partial charge is 0.309 e. The number of hydrogen-bond acceptors (Lipinski definition) is 2. The van der Waals surface area contributed by atoms with Crippen molar-refractivity contribution in [2.75, 3.05) is 6.61 Å². The van der Waals surface area contributed by atoms with E-state index in [0.717, 1.165) is 17.7 Å². The van der Waals surface area contributed by atoms with Crippen LogP contribution < -0.4 is 4.74 Å². The van der Waals surface area contributed by atoms with Gasteiger partial charge in [0.15, 0.2) is 0 Å². The molecule has 0 atom stereocenters. The van der Waals surface area contributed by atoms with E-state index in [4.69, 9.17) is 4.74 Å². The molecule has 0 saturated heterocycles. The second kappa shape index (κ2) is 7.48. The summed E-state index contributed by atoms with van der Waals surface area (Å²) in [4.78, 5) is 11.5. The van der Waals surface area contributed by atoms with E-state index < -0.39 is 11.4 Å². The number of benzene rings is 1. The van der Waals surface area contributed by atoms with Crippen LogP contribution in [0.25, 0.3) is 0 Å². The Balaban J connectivity index is 2.63. The maximum absolute atomic E-state index is 11.5. The summed E-state index contributed by atoms with van der Waals surface area (Å²) in [5.41, 5.74) is 2.93. The molecule has 0 bridgehead atoms. The third-order valence-corrected chi connectivity index (χ3v) is 4.73. The van der Waals surface area contributed by atoms with Gasteiger partial charge in [0, 0.05) is 0 Å². The van der Waals surface area contributed by atoms with E-state index in [1.807, 2.05) is 20.8 Å². The summed E-state index contributed by atoms with van der Waals surface area (Å²) in [6.07, 6.45) is 2.77. The van der Waals surface area contributed by atoms with Crippen LogP contribution in [0.3, 0.4) is 0 Å². The molecule has 1 aromatic rings. The van der Waals surface area contributed by atoms with Crippen molar-refractivity contribution in [1.82, 2.24) is 0 Å². The Morgan fingerprint density at radius 3 is 2.24 bits per heavy atom. The Bertz CT molecular complexity index is 487. The Morgan fingerprint density at radius 1 is 1.14 bits per heavy atom. The molecule has 0 unspecified atom stereocenters. The molecule has 0 aliphatic rings. The lowest BCUT2D eigenvalue weighted by molar-refractivity contribution is -0.150. The first-order valence-corrected chi connectivity index (χ1v) is 7.81. The van der Waals surface area contributed by atoms with Gasteiger partial charge in [0.2, 0.25) is 0 Å². The van der Waals surface area contributed by atoms with Crippen LogP contribution in [-0.2, 0) is 4.79 Å². The van der Waals surface area contributed by atoms with Gasteiger partial charge in [-0.05, 0) is 63.1 Å². The average Bonchev–Trinajstić information content (AvgIpc) is 2.46. The van der Waals surface area contributed by atoms with Gasteiger partial charge in [0.1, 0.15) is 5.75 Å². The van der Waals surface area contributed by atoms with Gasteiger partial charge in [0.25, 0.3) is 0 Å². The second-order valence-electron chi connectivity index (χ2n) is 5.90. The molecular formula is C18H28O3. The number of aryl methyl sites for hydroxylation is 2. The predicted molar refractivity (Wildman–Crippen MR) is 86.0 cm³/mol. The molecule has 3 nitrogen and oxygen atoms in total. The first kappa shape index (κ1) is 17.5. The van der Waals surface area contributed by atoms with Gasteiger partial charge in [-0.15, -0.1) is 0 Å². The lowest BCUT2D eigenvalue weighted by Crippen LogP contribution is -2.30. The molecule has 0 aromatic heterocycles. The van der Waals surface area contributed by atoms with E-state index in [2.05, 4.69) is 26.0 Å². The van der Waals surface area contributed by atoms with Crippen molar-refractivity contribution in [1.29, 1.82) is 0 Å². The van der Waals surface area contributed by atoms with Gasteiger partial charge in [-0.25, -0.2) is 0 Å². The van der Waals surface area contributed by atoms with Gasteiger partial charge in [-0.2, -0.15) is 0 Å². The third kappa shape index (κ3) is 3.99. The molecule has 1 N–H and O–H groups in total. The monoisotopic (exact) mass is 292 g/mol. The lowest BCUT2D eigenvalue weighted by atomic mass is 9.78. The summed E-state index contributed by atoms with van der Waals surface area (Å²) in [6.45, 7) is 10.7. The van der Waals surface area contributed by atoms with Crippen LogP contribution in [0.15, 0.2) is 12.1 Å². The van der Waals surface area contributed by atoms with Crippen LogP contribution >= 0.6 is 0 Å². The molecule has 0 heterocycles. The highest BCUT2D eigenvalue weighted by Gasteiger charge is 2.33. The molecule has 0 aliphatic heterocycles. The minimum Gasteiger partial charge on any atom is -0.493 e. The summed E-state index contributed by atoms with van der Waals surface area (Å²) >= 11 is 0. The summed E-state index contributed by atoms with van der Waals surface area (Å²) in [6, 6.07) is 4.17. The number of carboxylic acids is 1. The SMILES string of the molecule is CCC(CC)(CCCOc1c(C)ccc(C)c1C)C(=O)O. The zero-order valence-corrected chi connectivity index (χ0v) is 14.0. The normalized spacial score (nSPS) is 11.5. The molecule has 3 heteroatoms. The molecule has 0 spiro atoms. The van der Waals surface area contributed by atoms with Crippen molar-refractivity contribution < 1.29 is 14.6 Å². The van der Waals surface area contributed by atoms with Crippen LogP contribution in [0, 0.1) is 26.2 Å². The number of carboxylic acid groups (broad SMARTS) is 1. The molecule has 0 aliphatic carbocycles. The van der Waals surface area contributed by atoms with Crippen LogP contribution in [0.4, 0.5) is 0 Å². The van der Waals surface area contributed by atoms with Gasteiger partial charge in [-0.3, -0.25) is 4.79 Å². The van der Waals surface area contributed by atoms with E-state index in [-0.39, 0.29) is 0 Å². The highest BCUT2D eigenvalue weighted by molar-refractivity contribution is 5.74. The predicted octanol–water partition coefficient (Wildman–Crippen LogP) is 4.66. The van der Waals surface area contributed by atoms with E-state index in [9.17, 15) is 9.90 Å². The fraction of sp³-hybridized carbons (Fsp3) is 0.611. The minimum atomic E-state index is -0.685. The maximum Gasteiger partial charge on any atom is 0.309 e. The van der Waals surface area contributed by atoms with Crippen molar-refractivity contribution in [3.8, 4) is 5.75 Å². The van der Waals surface area contributed by atoms with Crippen molar-refractivity contribution in [2.45, 2.75) is 60.3 Å². The first-order valence-electron chi connectivity index (χ1n) is 7.81. The van der Waals surface area contributed by atoms with E-state index >= 15 is 0 Å². The third-order valence-electron chi connectivity index (χ3n) is 4.73. The van der Waals surface area contributed by atoms with Gasteiger partial charge >= 0.3 is 5.97 Å². The Morgan fingerprint density at radius 2 is 1.71 bits per heavy atom. The summed E-state index contributed by atoms with van der Waals surface area (Å²) < 4.78 is 5.92. The average molecular weight is 292 g/mol. The van der Waals surface area contributed by atoms with Crippen LogP contribution in [0.1, 0.15) is 56.2 Å². The Labute approximate surface area is 128 Å². The number of carbonyl (C=O) groups is 1. The highest BCUT2D eigenvalue weighted by atomic mass is 16.5. The van der Waals surface area contributed by atoms with E-state index in [1.165, 1.54) is 11.1 Å². The van der Waals surface area contributed by atoms with Crippen molar-refractivity contribution >= 4 is 5.97 Å². The van der Waals surface area contributed by atoms with E-state index in [1.54, 1.807) is 0 Å². The van der Waals surface area contributed by atoms with Gasteiger partial charge in [-0.1, -0.05) is 26.0 Å². The largest absolute Gasteiger partial charge is 0.493 e. The fourth-order valence-corrected chi connectivity index (χ4v) is 2.75. The standard InChI is InChI=1S/C18H28O3/c1-6-18(7-2,17(19)20)11-8-12-21-16-14(4)10-9-13(3)15(16)5/h9-10H,6-8,11-12H2,1-5H3,(H,19,20). The van der Waals surface area contributed by atoms with Gasteiger partial charge < -0.3 is 9.84 Å². The number of ether oxygens (including phenoxy) is 1. The number of rotatable bonds is 8. The zero-order valence-electron chi connectivity index (χ0n) is 14.0. The lowest BCUT2D eigenvalue weighted by Gasteiger charge is -2.26. The van der Waals surface area contributed by atoms with Crippen molar-refractivity contribution in [2.24, 2.45) is 5.41 Å². The molecule has 0 saturated carbocycles. The minimum absolute atomic E-state index is 0.570. The molecule has 21 heavy (non-hydrogen) atoms. The summed E-state index contributed by atoms with van der Waals surface area (Å²) in [5, 5.41) is 9.42. The quantitative estimate of drug-likeness (QED) is 0.709. The maximum atomic E-state index is 11.5. The topological polar surface area (TPSA) is 46.5 Å². The summed E-state index contributed by atoms with van der Waals surface area (Å²) in [5.74, 6) is 0.263. The highest BCUT2D eigenvalue weighted by Crippen LogP contribution is 2.33. The first-order chi connectivity index (χ1) is 9.88. The van der Waals surface area contributed by atoms with E-state index in [0.29, 0.717) is 25.9 Å². The fourth-order valence-electron chi connectivity index (χ4n) is 2.75. The molecule has 0 radical (unpaired) electrons. The molecule has 1 rings (SSSR count). The number of hydrogen-bond donors (Lipinski definition) is 1. The van der Waals surface area contributed by atoms with Crippen molar-refractivity contribution in [3.63, 3.8) is 0 Å². The number of aliphatic carboxylic acids is 1. The summed E-state index contributed by atoms with van der Waals surface area (Å²) in [7, 11) is 0. The Hall–Kier alpha value is -1.51. The van der Waals surface area contributed by atoms with Crippen LogP contribution in [0.2, 0.25) is 0 Å². The zero-order chi connectivity index (χ0) is 16.0. The molecule has 0 fully saturated rings. The molecule has 118 valence electrons. The molecule has 1 aromatic carbocycles. The van der Waals surface area contributed by atoms with Crippen LogP contribution in [0.5, 0.6) is 5.75 Å². The Kier molecular flexibility index (Phi) is 6.25. The van der Waals surface area contributed by atoms with Crippen LogP contribution in [-0.4, -0.2) is 17.7 Å². The van der Waals surface area contributed by atoms with Crippen molar-refractivity contribution in [3.05, 3.63) is 28.8 Å². The second-order valence-corrected chi connectivity index (χ2v) is 5.90. The molecular weight excluding hydrogens is 264 g/mol.